The highest BCUT2D eigenvalue weighted by molar-refractivity contribution is 5.71. The molecule has 0 aliphatic heterocycles. The maximum atomic E-state index is 13.0. The van der Waals surface area contributed by atoms with Crippen molar-refractivity contribution in [1.82, 2.24) is 4.90 Å². The lowest BCUT2D eigenvalue weighted by Crippen LogP contribution is -2.30. The lowest BCUT2D eigenvalue weighted by Gasteiger charge is -2.19. The van der Waals surface area contributed by atoms with Crippen molar-refractivity contribution in [3.8, 4) is 0 Å². The summed E-state index contributed by atoms with van der Waals surface area (Å²) in [6.45, 7) is 5.11. The van der Waals surface area contributed by atoms with E-state index in [0.717, 1.165) is 12.1 Å². The number of hydrogen-bond donors (Lipinski definition) is 0. The summed E-state index contributed by atoms with van der Waals surface area (Å²) in [6.07, 6.45) is 0. The van der Waals surface area contributed by atoms with Crippen molar-refractivity contribution in [2.45, 2.75) is 20.4 Å². The minimum Gasteiger partial charge on any atom is -0.465 e. The van der Waals surface area contributed by atoms with Gasteiger partial charge in [0.2, 0.25) is 0 Å². The number of carbonyl (C=O) groups is 1. The summed E-state index contributed by atoms with van der Waals surface area (Å²) in [6, 6.07) is 3.73. The van der Waals surface area contributed by atoms with Gasteiger partial charge in [-0.1, -0.05) is 13.0 Å². The number of hydrogen-bond acceptors (Lipinski definition) is 3. The van der Waals surface area contributed by atoms with E-state index < -0.39 is 11.6 Å². The van der Waals surface area contributed by atoms with Gasteiger partial charge in [0.05, 0.1) is 13.2 Å². The minimum absolute atomic E-state index is 0.142. The molecule has 0 aliphatic carbocycles. The van der Waals surface area contributed by atoms with E-state index in [2.05, 4.69) is 0 Å². The summed E-state index contributed by atoms with van der Waals surface area (Å²) in [5, 5.41) is 0. The van der Waals surface area contributed by atoms with Crippen molar-refractivity contribution < 1.29 is 18.3 Å². The van der Waals surface area contributed by atoms with Crippen LogP contribution < -0.4 is 0 Å². The van der Waals surface area contributed by atoms with Crippen molar-refractivity contribution in [2.75, 3.05) is 19.7 Å². The SMILES string of the molecule is CCOC(=O)CN(CC)Cc1ccc(F)c(F)c1. The molecule has 0 heterocycles. The van der Waals surface area contributed by atoms with Gasteiger partial charge in [-0.15, -0.1) is 0 Å². The van der Waals surface area contributed by atoms with E-state index in [-0.39, 0.29) is 12.5 Å². The first-order chi connectivity index (χ1) is 8.56. The average molecular weight is 257 g/mol. The Morgan fingerprint density at radius 2 is 2.00 bits per heavy atom. The van der Waals surface area contributed by atoms with Gasteiger partial charge in [0.1, 0.15) is 0 Å². The second kappa shape index (κ2) is 7.06. The second-order valence-corrected chi connectivity index (χ2v) is 3.86. The van der Waals surface area contributed by atoms with Crippen molar-refractivity contribution in [3.05, 3.63) is 35.4 Å². The van der Waals surface area contributed by atoms with Crippen molar-refractivity contribution in [1.29, 1.82) is 0 Å². The van der Waals surface area contributed by atoms with Crippen LogP contribution in [0.4, 0.5) is 8.78 Å². The summed E-state index contributed by atoms with van der Waals surface area (Å²) >= 11 is 0. The second-order valence-electron chi connectivity index (χ2n) is 3.86. The quantitative estimate of drug-likeness (QED) is 0.733. The molecule has 0 fully saturated rings. The molecule has 0 atom stereocenters. The lowest BCUT2D eigenvalue weighted by atomic mass is 10.2. The van der Waals surface area contributed by atoms with Crippen molar-refractivity contribution in [3.63, 3.8) is 0 Å². The summed E-state index contributed by atoms with van der Waals surface area (Å²) < 4.78 is 30.6. The zero-order chi connectivity index (χ0) is 13.5. The minimum atomic E-state index is -0.875. The van der Waals surface area contributed by atoms with Crippen LogP contribution in [-0.2, 0) is 16.1 Å². The highest BCUT2D eigenvalue weighted by atomic mass is 19.2. The van der Waals surface area contributed by atoms with Crippen LogP contribution in [-0.4, -0.2) is 30.6 Å². The monoisotopic (exact) mass is 257 g/mol. The van der Waals surface area contributed by atoms with E-state index in [1.54, 1.807) is 11.8 Å². The first-order valence-corrected chi connectivity index (χ1v) is 5.88. The molecule has 5 heteroatoms. The maximum Gasteiger partial charge on any atom is 0.320 e. The van der Waals surface area contributed by atoms with Crippen LogP contribution in [0.5, 0.6) is 0 Å². The fourth-order valence-corrected chi connectivity index (χ4v) is 1.56. The summed E-state index contributed by atoms with van der Waals surface area (Å²) in [5.41, 5.74) is 0.625. The van der Waals surface area contributed by atoms with Crippen molar-refractivity contribution >= 4 is 5.97 Å². The topological polar surface area (TPSA) is 29.5 Å². The van der Waals surface area contributed by atoms with Crippen LogP contribution in [0.2, 0.25) is 0 Å². The van der Waals surface area contributed by atoms with Gasteiger partial charge < -0.3 is 4.74 Å². The van der Waals surface area contributed by atoms with Gasteiger partial charge in [-0.05, 0) is 31.2 Å². The van der Waals surface area contributed by atoms with Crippen LogP contribution in [0, 0.1) is 11.6 Å². The number of carbonyl (C=O) groups excluding carboxylic acids is 1. The van der Waals surface area contributed by atoms with Gasteiger partial charge in [0, 0.05) is 6.54 Å². The summed E-state index contributed by atoms with van der Waals surface area (Å²) in [5.74, 6) is -2.06. The third-order valence-corrected chi connectivity index (χ3v) is 2.50. The zero-order valence-electron chi connectivity index (χ0n) is 10.6. The largest absolute Gasteiger partial charge is 0.465 e. The van der Waals surface area contributed by atoms with Crippen LogP contribution in [0.1, 0.15) is 19.4 Å². The number of halogens is 2. The Balaban J connectivity index is 2.62. The number of nitrogens with zero attached hydrogens (tertiary/aromatic N) is 1. The Morgan fingerprint density at radius 3 is 2.56 bits per heavy atom. The highest BCUT2D eigenvalue weighted by Crippen LogP contribution is 2.11. The van der Waals surface area contributed by atoms with Crippen LogP contribution >= 0.6 is 0 Å². The number of benzene rings is 1. The van der Waals surface area contributed by atoms with Gasteiger partial charge >= 0.3 is 5.97 Å². The van der Waals surface area contributed by atoms with Gasteiger partial charge in [0.25, 0.3) is 0 Å². The smallest absolute Gasteiger partial charge is 0.320 e. The third-order valence-electron chi connectivity index (χ3n) is 2.50. The Bertz CT molecular complexity index is 410. The molecule has 0 aliphatic rings. The van der Waals surface area contributed by atoms with Gasteiger partial charge in [-0.3, -0.25) is 9.69 Å². The Kier molecular flexibility index (Phi) is 5.71. The maximum absolute atomic E-state index is 13.0. The highest BCUT2D eigenvalue weighted by Gasteiger charge is 2.11. The molecule has 0 radical (unpaired) electrons. The summed E-state index contributed by atoms with van der Waals surface area (Å²) in [7, 11) is 0. The molecular weight excluding hydrogens is 240 g/mol. The fraction of sp³-hybridized carbons (Fsp3) is 0.462. The van der Waals surface area contributed by atoms with Crippen LogP contribution in [0.3, 0.4) is 0 Å². The van der Waals surface area contributed by atoms with E-state index in [1.807, 2.05) is 6.92 Å². The van der Waals surface area contributed by atoms with E-state index in [1.165, 1.54) is 6.07 Å². The lowest BCUT2D eigenvalue weighted by molar-refractivity contribution is -0.144. The molecule has 1 aromatic carbocycles. The van der Waals surface area contributed by atoms with E-state index in [9.17, 15) is 13.6 Å². The molecule has 1 aromatic rings. The number of ether oxygens (including phenoxy) is 1. The molecule has 0 amide bonds. The molecule has 0 aromatic heterocycles. The van der Waals surface area contributed by atoms with E-state index in [0.29, 0.717) is 25.3 Å². The Hall–Kier alpha value is -1.49. The molecule has 0 bridgehead atoms. The normalized spacial score (nSPS) is 10.7. The number of esters is 1. The van der Waals surface area contributed by atoms with Crippen molar-refractivity contribution in [2.24, 2.45) is 0 Å². The van der Waals surface area contributed by atoms with E-state index in [4.69, 9.17) is 4.74 Å². The fourth-order valence-electron chi connectivity index (χ4n) is 1.56. The Morgan fingerprint density at radius 1 is 1.28 bits per heavy atom. The van der Waals surface area contributed by atoms with Gasteiger partial charge in [-0.25, -0.2) is 8.78 Å². The molecular formula is C13H17F2NO2. The summed E-state index contributed by atoms with van der Waals surface area (Å²) in [4.78, 5) is 13.1. The third kappa shape index (κ3) is 4.41. The van der Waals surface area contributed by atoms with E-state index >= 15 is 0 Å². The average Bonchev–Trinajstić information content (AvgIpc) is 2.33. The molecule has 0 spiro atoms. The molecule has 0 unspecified atom stereocenters. The molecule has 0 saturated heterocycles. The first kappa shape index (κ1) is 14.6. The number of likely N-dealkylation sites (N-methyl/N-ethyl adjacent to an activating group) is 1. The molecule has 100 valence electrons. The zero-order valence-corrected chi connectivity index (χ0v) is 10.6. The molecule has 0 N–H and O–H groups in total. The molecule has 0 saturated carbocycles. The molecule has 18 heavy (non-hydrogen) atoms. The standard InChI is InChI=1S/C13H17F2NO2/c1-3-16(9-13(17)18-4-2)8-10-5-6-11(14)12(15)7-10/h5-7H,3-4,8-9H2,1-2H3. The van der Waals surface area contributed by atoms with Gasteiger partial charge in [0.15, 0.2) is 11.6 Å². The predicted octanol–water partition coefficient (Wildman–Crippen LogP) is 2.35. The van der Waals surface area contributed by atoms with Gasteiger partial charge in [-0.2, -0.15) is 0 Å². The predicted molar refractivity (Wildman–Crippen MR) is 63.9 cm³/mol. The number of rotatable bonds is 6. The Labute approximate surface area is 105 Å². The first-order valence-electron chi connectivity index (χ1n) is 5.88. The van der Waals surface area contributed by atoms with Crippen LogP contribution in [0.15, 0.2) is 18.2 Å². The molecule has 3 nitrogen and oxygen atoms in total. The van der Waals surface area contributed by atoms with Crippen LogP contribution in [0.25, 0.3) is 0 Å². The molecule has 1 rings (SSSR count).